The van der Waals surface area contributed by atoms with Crippen LogP contribution in [0.15, 0.2) is 14.9 Å². The summed E-state index contributed by atoms with van der Waals surface area (Å²) in [6, 6.07) is 0. The normalized spacial score (nSPS) is 30.9. The Morgan fingerprint density at radius 3 is 2.79 bits per heavy atom. The monoisotopic (exact) mass is 387 g/mol. The lowest BCUT2D eigenvalue weighted by Crippen LogP contribution is -2.60. The zero-order chi connectivity index (χ0) is 17.0. The molecule has 7 nitrogen and oxygen atoms in total. The standard InChI is InChI=1S/C14H17N3O4S3/c1-6(18)8-10(19)17-9(12(20)21)13(24-11(8)17)23-7-4-16(5-7)14-15-2-3-22-14/h6-8,11,18H,2-5H2,1H3,(H,20,21)/t6-,8-,11+/m1/s1. The van der Waals surface area contributed by atoms with Crippen LogP contribution in [0.1, 0.15) is 6.92 Å². The molecule has 0 radical (unpaired) electrons. The van der Waals surface area contributed by atoms with Crippen molar-refractivity contribution in [2.45, 2.75) is 23.7 Å². The molecule has 0 aromatic carbocycles. The lowest BCUT2D eigenvalue weighted by molar-refractivity contribution is -0.156. The fourth-order valence-electron chi connectivity index (χ4n) is 3.17. The van der Waals surface area contributed by atoms with Gasteiger partial charge in [-0.1, -0.05) is 23.5 Å². The number of aliphatic imine (C=N–C) groups is 1. The van der Waals surface area contributed by atoms with E-state index in [4.69, 9.17) is 0 Å². The molecule has 4 rings (SSSR count). The van der Waals surface area contributed by atoms with Gasteiger partial charge >= 0.3 is 5.97 Å². The number of rotatable bonds is 4. The number of nitrogens with zero attached hydrogens (tertiary/aromatic N) is 3. The first-order valence-corrected chi connectivity index (χ1v) is 10.5. The number of thioether (sulfide) groups is 3. The van der Waals surface area contributed by atoms with Gasteiger partial charge in [-0.05, 0) is 6.92 Å². The Morgan fingerprint density at radius 1 is 1.46 bits per heavy atom. The average molecular weight is 388 g/mol. The Hall–Kier alpha value is -0.840. The van der Waals surface area contributed by atoms with Crippen molar-refractivity contribution in [3.05, 3.63) is 9.93 Å². The predicted octanol–water partition coefficient (Wildman–Crippen LogP) is 0.672. The van der Waals surface area contributed by atoms with Crippen LogP contribution in [0.2, 0.25) is 0 Å². The molecule has 2 N–H and O–H groups in total. The van der Waals surface area contributed by atoms with Gasteiger partial charge in [0, 0.05) is 24.1 Å². The summed E-state index contributed by atoms with van der Waals surface area (Å²) in [6.45, 7) is 4.16. The maximum Gasteiger partial charge on any atom is 0.354 e. The van der Waals surface area contributed by atoms with Crippen LogP contribution in [0, 0.1) is 5.92 Å². The van der Waals surface area contributed by atoms with Gasteiger partial charge in [0.05, 0.1) is 22.8 Å². The number of fused-ring (bicyclic) bond motifs is 1. The van der Waals surface area contributed by atoms with Gasteiger partial charge in [0.15, 0.2) is 10.9 Å². The summed E-state index contributed by atoms with van der Waals surface area (Å²) in [5.74, 6) is -0.836. The number of carbonyl (C=O) groups is 2. The highest BCUT2D eigenvalue weighted by molar-refractivity contribution is 8.23. The second kappa shape index (κ2) is 6.15. The molecule has 0 bridgehead atoms. The van der Waals surface area contributed by atoms with Crippen LogP contribution >= 0.6 is 35.3 Å². The van der Waals surface area contributed by atoms with Crippen LogP contribution in [-0.4, -0.2) is 79.2 Å². The second-order valence-corrected chi connectivity index (χ2v) is 9.84. The van der Waals surface area contributed by atoms with E-state index in [1.54, 1.807) is 18.7 Å². The minimum absolute atomic E-state index is 0.0860. The molecule has 4 aliphatic rings. The van der Waals surface area contributed by atoms with Gasteiger partial charge in [-0.2, -0.15) is 0 Å². The number of β-lactam (4-membered cyclic amide) rings is 1. The molecule has 0 saturated carbocycles. The first kappa shape index (κ1) is 16.6. The van der Waals surface area contributed by atoms with Gasteiger partial charge in [0.2, 0.25) is 5.91 Å². The largest absolute Gasteiger partial charge is 0.477 e. The molecule has 24 heavy (non-hydrogen) atoms. The molecule has 4 aliphatic heterocycles. The maximum absolute atomic E-state index is 12.2. The van der Waals surface area contributed by atoms with E-state index in [2.05, 4.69) is 9.89 Å². The molecule has 4 heterocycles. The lowest BCUT2D eigenvalue weighted by atomic mass is 9.92. The van der Waals surface area contributed by atoms with Gasteiger partial charge in [0.25, 0.3) is 0 Å². The summed E-state index contributed by atoms with van der Waals surface area (Å²) in [5.41, 5.74) is 0.0860. The SMILES string of the molecule is C[C@@H](O)[C@@H]1C(=O)N2C(C(=O)O)=C(SC3CN(C4=NCCS4)C3)S[C@@H]12. The van der Waals surface area contributed by atoms with E-state index in [0.717, 1.165) is 30.6 Å². The molecule has 130 valence electrons. The smallest absolute Gasteiger partial charge is 0.354 e. The highest BCUT2D eigenvalue weighted by Crippen LogP contribution is 2.55. The molecule has 3 atom stereocenters. The summed E-state index contributed by atoms with van der Waals surface area (Å²) >= 11 is 4.70. The fraction of sp³-hybridized carbons (Fsp3) is 0.643. The van der Waals surface area contributed by atoms with Crippen LogP contribution in [-0.2, 0) is 9.59 Å². The van der Waals surface area contributed by atoms with Crippen molar-refractivity contribution >= 4 is 52.3 Å². The minimum Gasteiger partial charge on any atom is -0.477 e. The van der Waals surface area contributed by atoms with E-state index in [-0.39, 0.29) is 17.0 Å². The number of carboxylic acids is 1. The fourth-order valence-corrected chi connectivity index (χ4v) is 7.40. The van der Waals surface area contributed by atoms with Crippen molar-refractivity contribution in [3.63, 3.8) is 0 Å². The van der Waals surface area contributed by atoms with E-state index >= 15 is 0 Å². The second-order valence-electron chi connectivity index (χ2n) is 6.08. The molecule has 2 saturated heterocycles. The molecule has 0 aliphatic carbocycles. The molecular formula is C14H17N3O4S3. The zero-order valence-electron chi connectivity index (χ0n) is 12.9. The van der Waals surface area contributed by atoms with Gasteiger partial charge in [0.1, 0.15) is 5.37 Å². The third-order valence-electron chi connectivity index (χ3n) is 4.43. The van der Waals surface area contributed by atoms with Crippen molar-refractivity contribution in [3.8, 4) is 0 Å². The summed E-state index contributed by atoms with van der Waals surface area (Å²) in [5, 5.41) is 20.4. The van der Waals surface area contributed by atoms with Crippen molar-refractivity contribution in [1.29, 1.82) is 0 Å². The third-order valence-corrected chi connectivity index (χ3v) is 8.23. The van der Waals surface area contributed by atoms with Crippen molar-refractivity contribution in [2.24, 2.45) is 10.9 Å². The number of hydrogen-bond donors (Lipinski definition) is 2. The summed E-state index contributed by atoms with van der Waals surface area (Å²) in [6.07, 6.45) is -0.762. The number of amides is 1. The first-order chi connectivity index (χ1) is 11.5. The van der Waals surface area contributed by atoms with E-state index in [1.807, 2.05) is 0 Å². The van der Waals surface area contributed by atoms with Crippen LogP contribution in [0.5, 0.6) is 0 Å². The first-order valence-electron chi connectivity index (χ1n) is 7.71. The number of aliphatic hydroxyl groups is 1. The predicted molar refractivity (Wildman–Crippen MR) is 95.8 cm³/mol. The highest BCUT2D eigenvalue weighted by Gasteiger charge is 2.58. The molecule has 0 spiro atoms. The number of aliphatic hydroxyl groups excluding tert-OH is 1. The molecule has 10 heteroatoms. The van der Waals surface area contributed by atoms with Gasteiger partial charge in [-0.15, -0.1) is 11.8 Å². The van der Waals surface area contributed by atoms with Crippen molar-refractivity contribution < 1.29 is 19.8 Å². The summed E-state index contributed by atoms with van der Waals surface area (Å²) in [7, 11) is 0. The van der Waals surface area contributed by atoms with Crippen LogP contribution in [0.3, 0.4) is 0 Å². The molecule has 0 aromatic rings. The zero-order valence-corrected chi connectivity index (χ0v) is 15.4. The van der Waals surface area contributed by atoms with E-state index in [9.17, 15) is 19.8 Å². The molecule has 0 unspecified atom stereocenters. The van der Waals surface area contributed by atoms with Crippen LogP contribution in [0.4, 0.5) is 0 Å². The average Bonchev–Trinajstić information content (AvgIpc) is 3.07. The Bertz CT molecular complexity index is 660. The van der Waals surface area contributed by atoms with E-state index in [1.165, 1.54) is 28.4 Å². The Kier molecular flexibility index (Phi) is 4.26. The molecule has 1 amide bonds. The summed E-state index contributed by atoms with van der Waals surface area (Å²) < 4.78 is 0.690. The maximum atomic E-state index is 12.2. The third kappa shape index (κ3) is 2.54. The number of aliphatic carboxylic acids is 1. The number of amidine groups is 1. The number of carboxylic acid groups (broad SMARTS) is 1. The summed E-state index contributed by atoms with van der Waals surface area (Å²) in [4.78, 5) is 31.8. The van der Waals surface area contributed by atoms with E-state index in [0.29, 0.717) is 9.49 Å². The highest BCUT2D eigenvalue weighted by atomic mass is 32.2. The van der Waals surface area contributed by atoms with E-state index < -0.39 is 18.0 Å². The quantitative estimate of drug-likeness (QED) is 0.680. The van der Waals surface area contributed by atoms with Crippen molar-refractivity contribution in [2.75, 3.05) is 25.4 Å². The van der Waals surface area contributed by atoms with Gasteiger partial charge in [-0.3, -0.25) is 14.7 Å². The van der Waals surface area contributed by atoms with Gasteiger partial charge < -0.3 is 15.1 Å². The number of hydrogen-bond acceptors (Lipinski definition) is 8. The molecule has 0 aromatic heterocycles. The molecular weight excluding hydrogens is 370 g/mol. The van der Waals surface area contributed by atoms with Crippen LogP contribution < -0.4 is 0 Å². The Morgan fingerprint density at radius 2 is 2.21 bits per heavy atom. The number of carbonyl (C=O) groups excluding carboxylic acids is 1. The molecule has 2 fully saturated rings. The number of likely N-dealkylation sites (tertiary alicyclic amines) is 1. The topological polar surface area (TPSA) is 93.4 Å². The Balaban J connectivity index is 1.43. The Labute approximate surface area is 151 Å². The van der Waals surface area contributed by atoms with Crippen LogP contribution in [0.25, 0.3) is 0 Å². The van der Waals surface area contributed by atoms with Crippen molar-refractivity contribution in [1.82, 2.24) is 9.80 Å². The van der Waals surface area contributed by atoms with Gasteiger partial charge in [-0.25, -0.2) is 4.79 Å². The minimum atomic E-state index is -1.07. The lowest BCUT2D eigenvalue weighted by Gasteiger charge is -2.43.